The normalized spacial score (nSPS) is 36.2. The van der Waals surface area contributed by atoms with Crippen molar-refractivity contribution in [3.63, 3.8) is 0 Å². The van der Waals surface area contributed by atoms with Gasteiger partial charge in [-0.1, -0.05) is 39.0 Å². The van der Waals surface area contributed by atoms with Gasteiger partial charge in [0.05, 0.1) is 0 Å². The van der Waals surface area contributed by atoms with Gasteiger partial charge in [-0.25, -0.2) is 0 Å². The topological polar surface area (TPSA) is 24.7 Å². The molecule has 2 heteroatoms. The Morgan fingerprint density at radius 1 is 1.08 bits per heavy atom. The lowest BCUT2D eigenvalue weighted by Crippen LogP contribution is -2.19. The summed E-state index contributed by atoms with van der Waals surface area (Å²) in [7, 11) is 0. The van der Waals surface area contributed by atoms with Gasteiger partial charge < -0.3 is 0 Å². The summed E-state index contributed by atoms with van der Waals surface area (Å²) in [5.74, 6) is 1.92. The summed E-state index contributed by atoms with van der Waals surface area (Å²) in [5, 5.41) is 8.19. The van der Waals surface area contributed by atoms with Crippen LogP contribution in [0.15, 0.2) is 10.2 Å². The molecule has 74 valence electrons. The Hall–Kier alpha value is -0.400. The van der Waals surface area contributed by atoms with Crippen molar-refractivity contribution in [2.45, 2.75) is 58.0 Å². The molecule has 1 aliphatic heterocycles. The van der Waals surface area contributed by atoms with Gasteiger partial charge >= 0.3 is 0 Å². The molecule has 2 rings (SSSR count). The van der Waals surface area contributed by atoms with E-state index in [2.05, 4.69) is 24.1 Å². The minimum absolute atomic E-state index is 0.0454. The summed E-state index contributed by atoms with van der Waals surface area (Å²) in [6.07, 6.45) is 8.30. The van der Waals surface area contributed by atoms with Gasteiger partial charge in [0.25, 0.3) is 0 Å². The summed E-state index contributed by atoms with van der Waals surface area (Å²) in [6.45, 7) is 4.47. The molecule has 0 unspecified atom stereocenters. The predicted octanol–water partition coefficient (Wildman–Crippen LogP) is 3.77. The van der Waals surface area contributed by atoms with E-state index in [9.17, 15) is 0 Å². The van der Waals surface area contributed by atoms with Gasteiger partial charge in [-0.05, 0) is 25.2 Å². The highest BCUT2D eigenvalue weighted by atomic mass is 15.4. The fourth-order valence-corrected chi connectivity index (χ4v) is 2.56. The van der Waals surface area contributed by atoms with E-state index in [1.54, 1.807) is 0 Å². The van der Waals surface area contributed by atoms with Gasteiger partial charge in [-0.15, -0.1) is 0 Å². The van der Waals surface area contributed by atoms with Crippen LogP contribution in [0, 0.1) is 11.8 Å². The highest BCUT2D eigenvalue weighted by Gasteiger charge is 2.37. The first-order valence-electron chi connectivity index (χ1n) is 5.66. The Bertz CT molecular complexity index is 196. The van der Waals surface area contributed by atoms with Gasteiger partial charge in [0.1, 0.15) is 0 Å². The van der Waals surface area contributed by atoms with Crippen LogP contribution >= 0.6 is 0 Å². The highest BCUT2D eigenvalue weighted by Crippen LogP contribution is 2.40. The second-order valence-electron chi connectivity index (χ2n) is 4.92. The average molecular weight is 180 g/mol. The van der Waals surface area contributed by atoms with Gasteiger partial charge in [-0.2, -0.15) is 10.2 Å². The Labute approximate surface area is 80.8 Å². The number of hydrogen-bond acceptors (Lipinski definition) is 2. The molecule has 1 saturated carbocycles. The highest BCUT2D eigenvalue weighted by molar-refractivity contribution is 4.91. The molecule has 0 aromatic heterocycles. The summed E-state index contributed by atoms with van der Waals surface area (Å²) >= 11 is 0. The molecule has 0 amide bonds. The van der Waals surface area contributed by atoms with E-state index >= 15 is 0 Å². The maximum Gasteiger partial charge on any atom is 0.188 e. The maximum atomic E-state index is 4.09. The molecular formula is C11H20N2. The molecule has 2 aliphatic rings. The first-order valence-corrected chi connectivity index (χ1v) is 5.66. The molecule has 0 N–H and O–H groups in total. The molecule has 0 aromatic rings. The van der Waals surface area contributed by atoms with Gasteiger partial charge in [0.2, 0.25) is 0 Å². The minimum Gasteiger partial charge on any atom is -0.159 e. The van der Waals surface area contributed by atoms with E-state index in [1.165, 1.54) is 38.5 Å². The lowest BCUT2D eigenvalue weighted by Gasteiger charge is -2.28. The summed E-state index contributed by atoms with van der Waals surface area (Å²) in [4.78, 5) is 0. The van der Waals surface area contributed by atoms with Crippen molar-refractivity contribution in [1.82, 2.24) is 0 Å². The Kier molecular flexibility index (Phi) is 2.39. The number of nitrogens with zero attached hydrogens (tertiary/aromatic N) is 2. The third-order valence-electron chi connectivity index (χ3n) is 3.66. The average Bonchev–Trinajstić information content (AvgIpc) is 2.85. The van der Waals surface area contributed by atoms with Crippen molar-refractivity contribution in [3.05, 3.63) is 0 Å². The van der Waals surface area contributed by atoms with E-state index in [-0.39, 0.29) is 5.66 Å². The SMILES string of the molecule is CCC1CCC(CC2(C)N=N2)CC1. The summed E-state index contributed by atoms with van der Waals surface area (Å²) in [6, 6.07) is 0. The van der Waals surface area contributed by atoms with Crippen LogP contribution in [0.3, 0.4) is 0 Å². The molecule has 0 radical (unpaired) electrons. The second-order valence-corrected chi connectivity index (χ2v) is 4.92. The first-order chi connectivity index (χ1) is 6.22. The fourth-order valence-electron chi connectivity index (χ4n) is 2.56. The minimum atomic E-state index is 0.0454. The number of rotatable bonds is 3. The van der Waals surface area contributed by atoms with Crippen molar-refractivity contribution in [2.24, 2.45) is 22.1 Å². The zero-order chi connectivity index (χ0) is 9.31. The molecule has 0 aromatic carbocycles. The van der Waals surface area contributed by atoms with Gasteiger partial charge in [0.15, 0.2) is 5.66 Å². The molecule has 1 aliphatic carbocycles. The molecule has 13 heavy (non-hydrogen) atoms. The molecule has 2 nitrogen and oxygen atoms in total. The zero-order valence-electron chi connectivity index (χ0n) is 8.79. The van der Waals surface area contributed by atoms with Crippen LogP contribution in [0.4, 0.5) is 0 Å². The van der Waals surface area contributed by atoms with Gasteiger partial charge in [-0.3, -0.25) is 0 Å². The number of hydrogen-bond donors (Lipinski definition) is 0. The van der Waals surface area contributed by atoms with Crippen molar-refractivity contribution < 1.29 is 0 Å². The summed E-state index contributed by atoms with van der Waals surface area (Å²) in [5.41, 5.74) is 0.0454. The molecule has 1 fully saturated rings. The van der Waals surface area contributed by atoms with Crippen LogP contribution < -0.4 is 0 Å². The third kappa shape index (κ3) is 2.29. The van der Waals surface area contributed by atoms with E-state index in [0.29, 0.717) is 0 Å². The van der Waals surface area contributed by atoms with Crippen LogP contribution in [0.5, 0.6) is 0 Å². The molecule has 0 spiro atoms. The largest absolute Gasteiger partial charge is 0.188 e. The van der Waals surface area contributed by atoms with E-state index < -0.39 is 0 Å². The third-order valence-corrected chi connectivity index (χ3v) is 3.66. The molecule has 0 atom stereocenters. The van der Waals surface area contributed by atoms with E-state index in [4.69, 9.17) is 0 Å². The quantitative estimate of drug-likeness (QED) is 0.631. The van der Waals surface area contributed by atoms with Crippen LogP contribution in [-0.2, 0) is 0 Å². The smallest absolute Gasteiger partial charge is 0.159 e. The van der Waals surface area contributed by atoms with Crippen LogP contribution in [0.2, 0.25) is 0 Å². The van der Waals surface area contributed by atoms with Crippen molar-refractivity contribution >= 4 is 0 Å². The van der Waals surface area contributed by atoms with Crippen LogP contribution in [0.1, 0.15) is 52.4 Å². The summed E-state index contributed by atoms with van der Waals surface area (Å²) < 4.78 is 0. The lowest BCUT2D eigenvalue weighted by molar-refractivity contribution is 0.243. The Morgan fingerprint density at radius 2 is 1.62 bits per heavy atom. The zero-order valence-corrected chi connectivity index (χ0v) is 8.79. The standard InChI is InChI=1S/C11H20N2/c1-3-9-4-6-10(7-5-9)8-11(2)12-13-11/h9-10H,3-8H2,1-2H3. The Morgan fingerprint density at radius 3 is 2.08 bits per heavy atom. The van der Waals surface area contributed by atoms with Crippen molar-refractivity contribution in [3.8, 4) is 0 Å². The molecule has 0 saturated heterocycles. The first kappa shape index (κ1) is 9.17. The monoisotopic (exact) mass is 180 g/mol. The lowest BCUT2D eigenvalue weighted by atomic mass is 9.78. The maximum absolute atomic E-state index is 4.09. The van der Waals surface area contributed by atoms with Gasteiger partial charge in [0, 0.05) is 0 Å². The second kappa shape index (κ2) is 3.39. The Balaban J connectivity index is 1.72. The fraction of sp³-hybridized carbons (Fsp3) is 1.00. The van der Waals surface area contributed by atoms with E-state index in [1.807, 2.05) is 0 Å². The molecular weight excluding hydrogens is 160 g/mol. The molecule has 0 bridgehead atoms. The van der Waals surface area contributed by atoms with Crippen molar-refractivity contribution in [2.75, 3.05) is 0 Å². The predicted molar refractivity (Wildman–Crippen MR) is 53.6 cm³/mol. The van der Waals surface area contributed by atoms with Crippen LogP contribution in [0.25, 0.3) is 0 Å². The van der Waals surface area contributed by atoms with Crippen LogP contribution in [-0.4, -0.2) is 5.66 Å². The van der Waals surface area contributed by atoms with Crippen molar-refractivity contribution in [1.29, 1.82) is 0 Å². The van der Waals surface area contributed by atoms with E-state index in [0.717, 1.165) is 11.8 Å². The molecule has 1 heterocycles.